The molecule has 0 atom stereocenters. The molecule has 1 aromatic carbocycles. The molecular weight excluding hydrogens is 350 g/mol. The van der Waals surface area contributed by atoms with Crippen LogP contribution in [0.1, 0.15) is 9.67 Å². The van der Waals surface area contributed by atoms with E-state index in [1.807, 2.05) is 11.0 Å². The van der Waals surface area contributed by atoms with E-state index >= 15 is 0 Å². The van der Waals surface area contributed by atoms with Crippen molar-refractivity contribution in [2.75, 3.05) is 40.5 Å². The lowest BCUT2D eigenvalue weighted by Gasteiger charge is -2.26. The summed E-state index contributed by atoms with van der Waals surface area (Å²) in [5.41, 5.74) is 1.33. The minimum absolute atomic E-state index is 0.00650. The number of hydrogen-bond donors (Lipinski definition) is 0. The van der Waals surface area contributed by atoms with Crippen molar-refractivity contribution in [3.8, 4) is 11.5 Å². The third kappa shape index (κ3) is 2.31. The zero-order valence-electron chi connectivity index (χ0n) is 13.2. The van der Waals surface area contributed by atoms with Crippen LogP contribution < -0.4 is 9.47 Å². The van der Waals surface area contributed by atoms with Gasteiger partial charge in [-0.05, 0) is 6.07 Å². The number of hydrogen-bond acceptors (Lipinski definition) is 8. The first-order chi connectivity index (χ1) is 11.7. The van der Waals surface area contributed by atoms with Gasteiger partial charge in [0.25, 0.3) is 5.91 Å². The number of carbonyl (C=O) groups is 1. The van der Waals surface area contributed by atoms with Gasteiger partial charge in [-0.15, -0.1) is 11.3 Å². The number of amides is 1. The van der Waals surface area contributed by atoms with E-state index in [1.165, 1.54) is 11.3 Å². The van der Waals surface area contributed by atoms with Crippen LogP contribution in [0.5, 0.6) is 11.5 Å². The summed E-state index contributed by atoms with van der Waals surface area (Å²) in [6.45, 7) is 2.37. The zero-order valence-corrected chi connectivity index (χ0v) is 14.8. The molecule has 0 N–H and O–H groups in total. The van der Waals surface area contributed by atoms with Gasteiger partial charge in [0.15, 0.2) is 22.5 Å². The Balaban J connectivity index is 1.89. The molecule has 24 heavy (non-hydrogen) atoms. The molecule has 2 aromatic heterocycles. The highest BCUT2D eigenvalue weighted by molar-refractivity contribution is 7.21. The Morgan fingerprint density at radius 2 is 1.83 bits per heavy atom. The maximum absolute atomic E-state index is 12.8. The first-order valence-corrected chi connectivity index (χ1v) is 8.96. The van der Waals surface area contributed by atoms with Crippen LogP contribution in [0.25, 0.3) is 21.1 Å². The normalized spacial score (nSPS) is 15.2. The molecule has 1 fully saturated rings. The van der Waals surface area contributed by atoms with Crippen LogP contribution >= 0.6 is 23.1 Å². The summed E-state index contributed by atoms with van der Waals surface area (Å²) in [6.07, 6.45) is 0. The second kappa shape index (κ2) is 6.15. The molecule has 1 aliphatic rings. The lowest BCUT2D eigenvalue weighted by atomic mass is 10.2. The van der Waals surface area contributed by atoms with Crippen molar-refractivity contribution in [3.05, 3.63) is 10.9 Å². The van der Waals surface area contributed by atoms with E-state index in [9.17, 15) is 4.79 Å². The summed E-state index contributed by atoms with van der Waals surface area (Å²) in [6, 6.07) is 1.86. The van der Waals surface area contributed by atoms with Gasteiger partial charge in [-0.1, -0.05) is 0 Å². The van der Waals surface area contributed by atoms with Crippen LogP contribution in [0.3, 0.4) is 0 Å². The summed E-state index contributed by atoms with van der Waals surface area (Å²) in [4.78, 5) is 15.2. The molecule has 4 rings (SSSR count). The molecule has 0 saturated carbocycles. The fraction of sp³-hybridized carbons (Fsp3) is 0.400. The van der Waals surface area contributed by atoms with E-state index in [-0.39, 0.29) is 5.91 Å². The summed E-state index contributed by atoms with van der Waals surface area (Å²) in [5.74, 6) is 1.28. The molecule has 7 nitrogen and oxygen atoms in total. The Bertz CT molecular complexity index is 858. The Morgan fingerprint density at radius 1 is 1.17 bits per heavy atom. The summed E-state index contributed by atoms with van der Waals surface area (Å²) in [5, 5.41) is 0.830. The van der Waals surface area contributed by atoms with Gasteiger partial charge in [-0.3, -0.25) is 4.79 Å². The van der Waals surface area contributed by atoms with Gasteiger partial charge in [0.2, 0.25) is 0 Å². The number of aromatic nitrogens is 2. The standard InChI is InChI=1S/C15H15N3O4S2/c1-20-12-8-7-9(15(19)18-3-5-22-6-4-18)23-14(8)13(21-2)11-10(12)16-24-17-11/h7H,3-6H2,1-2H3. The molecule has 3 heterocycles. The number of rotatable bonds is 3. The number of nitrogens with zero attached hydrogens (tertiary/aromatic N) is 3. The molecule has 0 radical (unpaired) electrons. The van der Waals surface area contributed by atoms with Crippen LogP contribution in [-0.2, 0) is 4.74 Å². The first-order valence-electron chi connectivity index (χ1n) is 7.41. The average Bonchev–Trinajstić information content (AvgIpc) is 3.26. The molecular formula is C15H15N3O4S2. The molecule has 1 saturated heterocycles. The van der Waals surface area contributed by atoms with Crippen molar-refractivity contribution in [1.29, 1.82) is 0 Å². The van der Waals surface area contributed by atoms with Gasteiger partial charge in [-0.2, -0.15) is 8.75 Å². The van der Waals surface area contributed by atoms with Crippen LogP contribution in [0.15, 0.2) is 6.07 Å². The second-order valence-corrected chi connectivity index (χ2v) is 6.87. The van der Waals surface area contributed by atoms with Crippen molar-refractivity contribution in [1.82, 2.24) is 13.6 Å². The lowest BCUT2D eigenvalue weighted by Crippen LogP contribution is -2.40. The van der Waals surface area contributed by atoms with Gasteiger partial charge in [0, 0.05) is 18.5 Å². The Kier molecular flexibility index (Phi) is 3.99. The van der Waals surface area contributed by atoms with Crippen molar-refractivity contribution >= 4 is 50.1 Å². The van der Waals surface area contributed by atoms with Gasteiger partial charge < -0.3 is 19.1 Å². The number of methoxy groups -OCH3 is 2. The predicted octanol–water partition coefficient (Wildman–Crippen LogP) is 2.40. The Morgan fingerprint density at radius 3 is 2.50 bits per heavy atom. The summed E-state index contributed by atoms with van der Waals surface area (Å²) in [7, 11) is 3.20. The molecule has 0 unspecified atom stereocenters. The van der Waals surface area contributed by atoms with Gasteiger partial charge in [0.1, 0.15) is 0 Å². The zero-order chi connectivity index (χ0) is 16.7. The van der Waals surface area contributed by atoms with E-state index in [0.29, 0.717) is 53.7 Å². The Labute approximate surface area is 146 Å². The van der Waals surface area contributed by atoms with Crippen LogP contribution in [0, 0.1) is 0 Å². The second-order valence-electron chi connectivity index (χ2n) is 5.29. The molecule has 1 aliphatic heterocycles. The maximum atomic E-state index is 12.8. The van der Waals surface area contributed by atoms with Gasteiger partial charge in [0.05, 0.1) is 48.7 Å². The number of morpholine rings is 1. The fourth-order valence-corrected chi connectivity index (χ4v) is 4.56. The van der Waals surface area contributed by atoms with Crippen LogP contribution in [0.2, 0.25) is 0 Å². The number of benzene rings is 1. The van der Waals surface area contributed by atoms with E-state index in [2.05, 4.69) is 8.75 Å². The van der Waals surface area contributed by atoms with Gasteiger partial charge >= 0.3 is 0 Å². The average molecular weight is 365 g/mol. The van der Waals surface area contributed by atoms with Gasteiger partial charge in [-0.25, -0.2) is 0 Å². The monoisotopic (exact) mass is 365 g/mol. The minimum atomic E-state index is 0.00650. The maximum Gasteiger partial charge on any atom is 0.264 e. The highest BCUT2D eigenvalue weighted by Gasteiger charge is 2.25. The smallest absolute Gasteiger partial charge is 0.264 e. The molecule has 0 aliphatic carbocycles. The molecule has 0 bridgehead atoms. The van der Waals surface area contributed by atoms with Crippen molar-refractivity contribution in [2.24, 2.45) is 0 Å². The summed E-state index contributed by atoms with van der Waals surface area (Å²) >= 11 is 2.51. The minimum Gasteiger partial charge on any atom is -0.494 e. The SMILES string of the molecule is COc1c2cc(C(=O)N3CCOCC3)sc2c(OC)c2nsnc12. The van der Waals surface area contributed by atoms with Crippen molar-refractivity contribution in [3.63, 3.8) is 0 Å². The fourth-order valence-electron chi connectivity index (χ4n) is 2.87. The lowest BCUT2D eigenvalue weighted by molar-refractivity contribution is 0.0306. The highest BCUT2D eigenvalue weighted by atomic mass is 32.1. The van der Waals surface area contributed by atoms with Crippen molar-refractivity contribution < 1.29 is 19.0 Å². The highest BCUT2D eigenvalue weighted by Crippen LogP contribution is 2.45. The molecule has 9 heteroatoms. The predicted molar refractivity (Wildman–Crippen MR) is 92.6 cm³/mol. The van der Waals surface area contributed by atoms with Crippen LogP contribution in [0.4, 0.5) is 0 Å². The third-order valence-corrected chi connectivity index (χ3v) is 5.67. The molecule has 3 aromatic rings. The van der Waals surface area contributed by atoms with Crippen molar-refractivity contribution in [2.45, 2.75) is 0 Å². The first kappa shape index (κ1) is 15.6. The third-order valence-electron chi connectivity index (χ3n) is 4.02. The quantitative estimate of drug-likeness (QED) is 0.710. The summed E-state index contributed by atoms with van der Waals surface area (Å²) < 4.78 is 25.9. The topological polar surface area (TPSA) is 73.8 Å². The van der Waals surface area contributed by atoms with E-state index in [0.717, 1.165) is 21.8 Å². The number of fused-ring (bicyclic) bond motifs is 2. The molecule has 126 valence electrons. The number of thiophene rings is 1. The molecule has 1 amide bonds. The van der Waals surface area contributed by atoms with E-state index in [1.54, 1.807) is 14.2 Å². The van der Waals surface area contributed by atoms with Crippen LogP contribution in [-0.4, -0.2) is 60.1 Å². The molecule has 0 spiro atoms. The largest absolute Gasteiger partial charge is 0.494 e. The Hall–Kier alpha value is -1.97. The van der Waals surface area contributed by atoms with E-state index < -0.39 is 0 Å². The van der Waals surface area contributed by atoms with E-state index in [4.69, 9.17) is 14.2 Å². The number of ether oxygens (including phenoxy) is 3. The number of carbonyl (C=O) groups excluding carboxylic acids is 1.